The first kappa shape index (κ1) is 7.81. The third-order valence-corrected chi connectivity index (χ3v) is 0.488. The van der Waals surface area contributed by atoms with Gasteiger partial charge in [-0.25, -0.2) is 10.3 Å². The predicted molar refractivity (Wildman–Crippen MR) is 31.4 cm³/mol. The maximum Gasteiger partial charge on any atom is 0.533 e. The molecule has 0 aliphatic rings. The van der Waals surface area contributed by atoms with Gasteiger partial charge in [-0.1, -0.05) is 6.58 Å². The van der Waals surface area contributed by atoms with Crippen LogP contribution in [0.1, 0.15) is 6.92 Å². The van der Waals surface area contributed by atoms with Crippen molar-refractivity contribution in [1.82, 2.24) is 5.48 Å². The molecule has 0 saturated heterocycles. The van der Waals surface area contributed by atoms with Crippen molar-refractivity contribution >= 4 is 6.16 Å². The van der Waals surface area contributed by atoms with Gasteiger partial charge in [0.15, 0.2) is 0 Å². The maximum absolute atomic E-state index is 10.2. The van der Waals surface area contributed by atoms with E-state index in [1.165, 1.54) is 6.20 Å². The van der Waals surface area contributed by atoms with Crippen LogP contribution in [0.2, 0.25) is 0 Å². The topological polar surface area (TPSA) is 47.6 Å². The number of nitrogens with one attached hydrogen (secondary N) is 1. The van der Waals surface area contributed by atoms with Gasteiger partial charge in [0.05, 0.1) is 6.61 Å². The fraction of sp³-hybridized carbons (Fsp3) is 0.400. The molecule has 0 radical (unpaired) electrons. The van der Waals surface area contributed by atoms with E-state index < -0.39 is 6.16 Å². The summed E-state index contributed by atoms with van der Waals surface area (Å²) in [4.78, 5) is 14.4. The Hall–Kier alpha value is -1.19. The van der Waals surface area contributed by atoms with Gasteiger partial charge >= 0.3 is 6.16 Å². The molecular weight excluding hydrogens is 122 g/mol. The minimum Gasteiger partial charge on any atom is -0.433 e. The molecule has 1 N–H and O–H groups in total. The highest BCUT2D eigenvalue weighted by Crippen LogP contribution is 1.79. The highest BCUT2D eigenvalue weighted by molar-refractivity contribution is 5.59. The number of hydroxylamine groups is 1. The summed E-state index contributed by atoms with van der Waals surface area (Å²) in [7, 11) is 0. The summed E-state index contributed by atoms with van der Waals surface area (Å²) < 4.78 is 4.37. The number of carbonyl (C=O) groups is 1. The van der Waals surface area contributed by atoms with E-state index in [2.05, 4.69) is 21.6 Å². The van der Waals surface area contributed by atoms with Gasteiger partial charge in [-0.3, -0.25) is 0 Å². The Morgan fingerprint density at radius 2 is 2.56 bits per heavy atom. The molecule has 9 heavy (non-hydrogen) atoms. The van der Waals surface area contributed by atoms with Crippen LogP contribution in [0.5, 0.6) is 0 Å². The minimum absolute atomic E-state index is 0.303. The van der Waals surface area contributed by atoms with Crippen molar-refractivity contribution in [3.05, 3.63) is 12.8 Å². The van der Waals surface area contributed by atoms with Crippen LogP contribution in [0.25, 0.3) is 0 Å². The molecule has 0 aliphatic heterocycles. The zero-order valence-electron chi connectivity index (χ0n) is 5.22. The molecule has 0 rings (SSSR count). The van der Waals surface area contributed by atoms with Crippen LogP contribution in [0, 0.1) is 0 Å². The van der Waals surface area contributed by atoms with Crippen molar-refractivity contribution in [1.29, 1.82) is 0 Å². The molecule has 0 aromatic heterocycles. The van der Waals surface area contributed by atoms with Crippen LogP contribution in [0.4, 0.5) is 4.79 Å². The van der Waals surface area contributed by atoms with Gasteiger partial charge in [0, 0.05) is 6.20 Å². The molecule has 0 amide bonds. The van der Waals surface area contributed by atoms with Crippen LogP contribution in [-0.2, 0) is 9.57 Å². The number of hydrogen-bond donors (Lipinski definition) is 1. The van der Waals surface area contributed by atoms with Gasteiger partial charge in [-0.05, 0) is 6.92 Å². The van der Waals surface area contributed by atoms with E-state index in [4.69, 9.17) is 0 Å². The first-order valence-electron chi connectivity index (χ1n) is 2.51. The van der Waals surface area contributed by atoms with Gasteiger partial charge in [0.25, 0.3) is 0 Å². The molecule has 4 heteroatoms. The third kappa shape index (κ3) is 4.67. The molecule has 0 heterocycles. The van der Waals surface area contributed by atoms with E-state index in [1.54, 1.807) is 6.92 Å². The van der Waals surface area contributed by atoms with Crippen molar-refractivity contribution in [2.45, 2.75) is 6.92 Å². The van der Waals surface area contributed by atoms with Gasteiger partial charge in [0.1, 0.15) is 0 Å². The number of ether oxygens (including phenoxy) is 1. The Balaban J connectivity index is 3.16. The Morgan fingerprint density at radius 1 is 1.89 bits per heavy atom. The van der Waals surface area contributed by atoms with Crippen molar-refractivity contribution in [2.24, 2.45) is 0 Å². The lowest BCUT2D eigenvalue weighted by molar-refractivity contribution is 0.0335. The maximum atomic E-state index is 10.2. The number of carbonyl (C=O) groups excluding carboxylic acids is 1. The average molecular weight is 131 g/mol. The largest absolute Gasteiger partial charge is 0.533 e. The Labute approximate surface area is 53.4 Å². The Kier molecular flexibility index (Phi) is 4.30. The van der Waals surface area contributed by atoms with E-state index in [0.29, 0.717) is 6.61 Å². The molecule has 0 fully saturated rings. The minimum atomic E-state index is -0.752. The van der Waals surface area contributed by atoms with Crippen LogP contribution < -0.4 is 5.48 Å². The molecule has 4 nitrogen and oxygen atoms in total. The standard InChI is InChI=1S/C5H9NO3/c1-3-6-9-5(7)8-4-2/h3,6H,1,4H2,2H3. The van der Waals surface area contributed by atoms with Crippen molar-refractivity contribution < 1.29 is 14.4 Å². The van der Waals surface area contributed by atoms with Crippen molar-refractivity contribution in [3.8, 4) is 0 Å². The van der Waals surface area contributed by atoms with Crippen LogP contribution in [-0.4, -0.2) is 12.8 Å². The molecule has 0 unspecified atom stereocenters. The lowest BCUT2D eigenvalue weighted by atomic mass is 10.9. The van der Waals surface area contributed by atoms with Crippen LogP contribution >= 0.6 is 0 Å². The molecule has 0 aromatic rings. The van der Waals surface area contributed by atoms with Crippen molar-refractivity contribution in [3.63, 3.8) is 0 Å². The smallest absolute Gasteiger partial charge is 0.433 e. The lowest BCUT2D eigenvalue weighted by Gasteiger charge is -1.99. The van der Waals surface area contributed by atoms with E-state index in [0.717, 1.165) is 0 Å². The zero-order chi connectivity index (χ0) is 7.11. The van der Waals surface area contributed by atoms with Gasteiger partial charge in [0.2, 0.25) is 0 Å². The first-order valence-corrected chi connectivity index (χ1v) is 2.51. The fourth-order valence-corrected chi connectivity index (χ4v) is 0.237. The van der Waals surface area contributed by atoms with E-state index in [1.807, 2.05) is 0 Å². The third-order valence-electron chi connectivity index (χ3n) is 0.488. The molecule has 0 atom stereocenters. The summed E-state index contributed by atoms with van der Waals surface area (Å²) >= 11 is 0. The summed E-state index contributed by atoms with van der Waals surface area (Å²) in [6.45, 7) is 5.24. The van der Waals surface area contributed by atoms with Crippen molar-refractivity contribution in [2.75, 3.05) is 6.61 Å². The van der Waals surface area contributed by atoms with Gasteiger partial charge in [-0.15, -0.1) is 0 Å². The average Bonchev–Trinajstić information content (AvgIpc) is 1.85. The zero-order valence-corrected chi connectivity index (χ0v) is 5.22. The van der Waals surface area contributed by atoms with Gasteiger partial charge in [-0.2, -0.15) is 0 Å². The Morgan fingerprint density at radius 3 is 3.00 bits per heavy atom. The summed E-state index contributed by atoms with van der Waals surface area (Å²) in [5.74, 6) is 0. The van der Waals surface area contributed by atoms with Crippen LogP contribution in [0.15, 0.2) is 12.8 Å². The second-order valence-corrected chi connectivity index (χ2v) is 1.11. The molecule has 0 saturated carbocycles. The molecular formula is C5H9NO3. The SMILES string of the molecule is C=CNOC(=O)OCC. The van der Waals surface area contributed by atoms with E-state index in [9.17, 15) is 4.79 Å². The first-order chi connectivity index (χ1) is 4.31. The second-order valence-electron chi connectivity index (χ2n) is 1.11. The molecule has 0 spiro atoms. The molecule has 52 valence electrons. The summed E-state index contributed by atoms with van der Waals surface area (Å²) in [5, 5.41) is 0. The molecule has 0 aromatic carbocycles. The van der Waals surface area contributed by atoms with Crippen LogP contribution in [0.3, 0.4) is 0 Å². The van der Waals surface area contributed by atoms with E-state index >= 15 is 0 Å². The van der Waals surface area contributed by atoms with Gasteiger partial charge < -0.3 is 9.57 Å². The number of hydrogen-bond acceptors (Lipinski definition) is 4. The second kappa shape index (κ2) is 4.96. The van der Waals surface area contributed by atoms with E-state index in [-0.39, 0.29) is 0 Å². The normalized spacial score (nSPS) is 7.67. The highest BCUT2D eigenvalue weighted by atomic mass is 16.8. The Bertz CT molecular complexity index is 102. The lowest BCUT2D eigenvalue weighted by Crippen LogP contribution is -2.14. The molecule has 0 aliphatic carbocycles. The predicted octanol–water partition coefficient (Wildman–Crippen LogP) is 0.808. The number of rotatable bonds is 3. The summed E-state index contributed by atoms with van der Waals surface area (Å²) in [6.07, 6.45) is 0.481. The fourth-order valence-electron chi connectivity index (χ4n) is 0.237. The summed E-state index contributed by atoms with van der Waals surface area (Å²) in [5.41, 5.74) is 2.12. The quantitative estimate of drug-likeness (QED) is 0.454. The highest BCUT2D eigenvalue weighted by Gasteiger charge is 1.97. The summed E-state index contributed by atoms with van der Waals surface area (Å²) in [6, 6.07) is 0. The molecule has 0 bridgehead atoms. The monoisotopic (exact) mass is 131 g/mol.